The monoisotopic (exact) mass is 602 g/mol. The molecular weight excluding hydrogens is 571 g/mol. The first-order valence-electron chi connectivity index (χ1n) is 12.3. The van der Waals surface area contributed by atoms with Crippen molar-refractivity contribution in [2.45, 2.75) is 64.3 Å². The summed E-state index contributed by atoms with van der Waals surface area (Å²) < 4.78 is 43.3. The second-order valence-electron chi connectivity index (χ2n) is 10.4. The van der Waals surface area contributed by atoms with E-state index >= 15 is 0 Å². The summed E-state index contributed by atoms with van der Waals surface area (Å²) in [4.78, 5) is 36.4. The highest BCUT2D eigenvalue weighted by molar-refractivity contribution is 8.13. The highest BCUT2D eigenvalue weighted by Gasteiger charge is 2.60. The van der Waals surface area contributed by atoms with E-state index in [9.17, 15) is 18.9 Å². The molecule has 0 bridgehead atoms. The van der Waals surface area contributed by atoms with Crippen LogP contribution in [0, 0.1) is 5.41 Å². The van der Waals surface area contributed by atoms with E-state index in [0.29, 0.717) is 0 Å². The zero-order valence-electron chi connectivity index (χ0n) is 22.1. The van der Waals surface area contributed by atoms with Gasteiger partial charge in [-0.1, -0.05) is 62.9 Å². The molecule has 2 aliphatic rings. The van der Waals surface area contributed by atoms with Crippen LogP contribution in [-0.4, -0.2) is 50.3 Å². The van der Waals surface area contributed by atoms with Crippen molar-refractivity contribution in [3.8, 4) is 0 Å². The fourth-order valence-electron chi connectivity index (χ4n) is 4.07. The Morgan fingerprint density at radius 3 is 2.64 bits per heavy atom. The van der Waals surface area contributed by atoms with E-state index in [1.165, 1.54) is 16.8 Å². The highest BCUT2D eigenvalue weighted by atomic mass is 35.5. The van der Waals surface area contributed by atoms with Gasteiger partial charge in [0.05, 0.1) is 19.8 Å². The fourth-order valence-corrected chi connectivity index (χ4v) is 6.85. The number of ether oxygens (including phenoxy) is 2. The van der Waals surface area contributed by atoms with Crippen molar-refractivity contribution < 1.29 is 32.4 Å². The van der Waals surface area contributed by atoms with Crippen LogP contribution in [0.25, 0.3) is 0 Å². The van der Waals surface area contributed by atoms with Gasteiger partial charge in [0.15, 0.2) is 11.3 Å². The maximum Gasteiger partial charge on any atom is 0.475 e. The minimum Gasteiger partial charge on any atom is -0.356 e. The van der Waals surface area contributed by atoms with Crippen molar-refractivity contribution in [3.63, 3.8) is 0 Å². The number of benzene rings is 1. The number of rotatable bonds is 9. The molecule has 1 unspecified atom stereocenters. The first kappa shape index (κ1) is 30.2. The Labute approximate surface area is 235 Å². The molecule has 0 saturated carbocycles. The van der Waals surface area contributed by atoms with E-state index in [2.05, 4.69) is 0 Å². The number of phosphoric ester groups is 1. The number of carbonyl (C=O) groups is 1. The van der Waals surface area contributed by atoms with Gasteiger partial charge in [0, 0.05) is 23.4 Å². The zero-order valence-corrected chi connectivity index (χ0v) is 24.6. The topological polar surface area (TPSA) is 124 Å². The number of carbonyl (C=O) groups excluding carboxylic acids is 1. The molecular formula is C25H32ClN2O9PS. The van der Waals surface area contributed by atoms with E-state index in [4.69, 9.17) is 34.6 Å². The average molecular weight is 603 g/mol. The minimum absolute atomic E-state index is 0.0208. The standard InChI is InChI=1S/C25H32ClN2O9PS/c1-24(2,3)22(30)39-13-12-34-38(32)35-15-18-20(37-38)25(4,26)21(36-18)27-11-10-19(29)28(23(27)31)16-33-14-17-8-6-5-7-9-17/h5-11,18,20-21H,12-16H2,1-4H3/t18-,20-,21-,25-,38?/m1/s1. The first-order valence-corrected chi connectivity index (χ1v) is 15.2. The largest absolute Gasteiger partial charge is 0.475 e. The van der Waals surface area contributed by atoms with Crippen LogP contribution in [0.5, 0.6) is 0 Å². The Morgan fingerprint density at radius 2 is 1.95 bits per heavy atom. The predicted octanol–water partition coefficient (Wildman–Crippen LogP) is 3.93. The summed E-state index contributed by atoms with van der Waals surface area (Å²) in [5.41, 5.74) is -0.852. The number of fused-ring (bicyclic) bond motifs is 1. The smallest absolute Gasteiger partial charge is 0.356 e. The third-order valence-corrected chi connectivity index (χ3v) is 9.28. The van der Waals surface area contributed by atoms with Crippen LogP contribution in [0.3, 0.4) is 0 Å². The molecule has 2 aliphatic heterocycles. The van der Waals surface area contributed by atoms with Gasteiger partial charge in [0.2, 0.25) is 0 Å². The zero-order chi connectivity index (χ0) is 28.4. The molecule has 1 aromatic heterocycles. The molecule has 0 amide bonds. The van der Waals surface area contributed by atoms with Crippen molar-refractivity contribution in [1.29, 1.82) is 0 Å². The summed E-state index contributed by atoms with van der Waals surface area (Å²) in [7, 11) is -4.01. The number of hydrogen-bond acceptors (Lipinski definition) is 10. The number of phosphoric acid groups is 1. The Hall–Kier alpha value is -1.76. The highest BCUT2D eigenvalue weighted by Crippen LogP contribution is 2.60. The van der Waals surface area contributed by atoms with Gasteiger partial charge < -0.3 is 9.47 Å². The minimum atomic E-state index is -4.01. The third kappa shape index (κ3) is 6.94. The van der Waals surface area contributed by atoms with E-state index in [1.54, 1.807) is 6.92 Å². The van der Waals surface area contributed by atoms with Crippen molar-refractivity contribution in [2.24, 2.45) is 5.41 Å². The Kier molecular flexibility index (Phi) is 9.29. The quantitative estimate of drug-likeness (QED) is 0.237. The van der Waals surface area contributed by atoms with Crippen molar-refractivity contribution in [3.05, 3.63) is 69.0 Å². The van der Waals surface area contributed by atoms with Crippen LogP contribution in [0.15, 0.2) is 52.2 Å². The van der Waals surface area contributed by atoms with Gasteiger partial charge in [-0.3, -0.25) is 27.7 Å². The second kappa shape index (κ2) is 12.0. The van der Waals surface area contributed by atoms with E-state index in [-0.39, 0.29) is 37.4 Å². The molecule has 14 heteroatoms. The summed E-state index contributed by atoms with van der Waals surface area (Å²) >= 11 is 7.93. The number of halogens is 1. The van der Waals surface area contributed by atoms with Gasteiger partial charge in [-0.05, 0) is 12.5 Å². The lowest BCUT2D eigenvalue weighted by atomic mass is 10.00. The summed E-state index contributed by atoms with van der Waals surface area (Å²) in [5, 5.41) is -0.0208. The van der Waals surface area contributed by atoms with Gasteiger partial charge in [-0.15, -0.1) is 11.6 Å². The molecule has 0 aliphatic carbocycles. The molecule has 11 nitrogen and oxygen atoms in total. The number of nitrogens with zero attached hydrogens (tertiary/aromatic N) is 2. The summed E-state index contributed by atoms with van der Waals surface area (Å²) in [6, 6.07) is 10.6. The van der Waals surface area contributed by atoms with Gasteiger partial charge in [0.1, 0.15) is 23.8 Å². The van der Waals surface area contributed by atoms with Crippen molar-refractivity contribution in [1.82, 2.24) is 9.13 Å². The van der Waals surface area contributed by atoms with Gasteiger partial charge in [-0.25, -0.2) is 13.9 Å². The Morgan fingerprint density at radius 1 is 1.23 bits per heavy atom. The summed E-state index contributed by atoms with van der Waals surface area (Å²) in [5.74, 6) is 0.265. The number of alkyl halides is 1. The molecule has 5 atom stereocenters. The molecule has 0 spiro atoms. The number of thioether (sulfide) groups is 1. The molecule has 3 heterocycles. The molecule has 2 saturated heterocycles. The van der Waals surface area contributed by atoms with Crippen LogP contribution in [0.4, 0.5) is 0 Å². The summed E-state index contributed by atoms with van der Waals surface area (Å²) in [6.45, 7) is 6.77. The van der Waals surface area contributed by atoms with Crippen LogP contribution < -0.4 is 11.2 Å². The normalized spacial score (nSPS) is 28.8. The molecule has 2 fully saturated rings. The third-order valence-electron chi connectivity index (χ3n) is 6.18. The lowest BCUT2D eigenvalue weighted by Crippen LogP contribution is -2.47. The maximum absolute atomic E-state index is 13.3. The average Bonchev–Trinajstić information content (AvgIpc) is 3.13. The number of aromatic nitrogens is 2. The second-order valence-corrected chi connectivity index (χ2v) is 13.9. The lowest BCUT2D eigenvalue weighted by molar-refractivity contribution is -0.117. The predicted molar refractivity (Wildman–Crippen MR) is 146 cm³/mol. The molecule has 0 N–H and O–H groups in total. The first-order chi connectivity index (χ1) is 18.3. The lowest BCUT2D eigenvalue weighted by Gasteiger charge is -2.34. The fraction of sp³-hybridized carbons (Fsp3) is 0.560. The number of hydrogen-bond donors (Lipinski definition) is 0. The van der Waals surface area contributed by atoms with Crippen LogP contribution in [-0.2, 0) is 45.7 Å². The molecule has 2 aromatic rings. The summed E-state index contributed by atoms with van der Waals surface area (Å²) in [6.07, 6.45) is -1.48. The molecule has 39 heavy (non-hydrogen) atoms. The van der Waals surface area contributed by atoms with Crippen molar-refractivity contribution >= 4 is 36.3 Å². The Bertz CT molecular complexity index is 1340. The van der Waals surface area contributed by atoms with Gasteiger partial charge in [-0.2, -0.15) is 0 Å². The SMILES string of the molecule is CC(C)(C)C(=O)SCCOP1(=O)OC[C@H]2O[C@@H](n3ccc(=O)n(COCc4ccccc4)c3=O)[C@](C)(Cl)[C@@H]2O1. The van der Waals surface area contributed by atoms with Crippen molar-refractivity contribution in [2.75, 3.05) is 19.0 Å². The molecule has 214 valence electrons. The van der Waals surface area contributed by atoms with E-state index < -0.39 is 47.8 Å². The van der Waals surface area contributed by atoms with E-state index in [0.717, 1.165) is 21.9 Å². The van der Waals surface area contributed by atoms with Gasteiger partial charge in [0.25, 0.3) is 5.56 Å². The van der Waals surface area contributed by atoms with Gasteiger partial charge >= 0.3 is 13.5 Å². The molecule has 0 radical (unpaired) electrons. The Balaban J connectivity index is 1.43. The van der Waals surface area contributed by atoms with Crippen LogP contribution in [0.1, 0.15) is 39.5 Å². The molecule has 1 aromatic carbocycles. The molecule has 4 rings (SSSR count). The maximum atomic E-state index is 13.3. The van der Waals surface area contributed by atoms with Crippen LogP contribution >= 0.6 is 31.2 Å². The van der Waals surface area contributed by atoms with Crippen LogP contribution in [0.2, 0.25) is 0 Å². The van der Waals surface area contributed by atoms with E-state index in [1.807, 2.05) is 51.1 Å².